The molecule has 0 unspecified atom stereocenters. The normalized spacial score (nSPS) is 16.1. The zero-order valence-electron chi connectivity index (χ0n) is 11.5. The number of carbonyl (C=O) groups is 1. The molecule has 1 aromatic heterocycles. The molecule has 104 valence electrons. The van der Waals surface area contributed by atoms with Crippen molar-refractivity contribution in [1.29, 1.82) is 0 Å². The molecule has 1 amide bonds. The second kappa shape index (κ2) is 4.45. The zero-order valence-corrected chi connectivity index (χ0v) is 11.5. The average molecular weight is 271 g/mol. The number of aromatic nitrogens is 2. The van der Waals surface area contributed by atoms with Crippen LogP contribution in [0.5, 0.6) is 0 Å². The van der Waals surface area contributed by atoms with E-state index in [1.165, 1.54) is 0 Å². The van der Waals surface area contributed by atoms with Crippen LogP contribution >= 0.6 is 0 Å². The molecule has 3 rings (SSSR count). The molecule has 2 aromatic rings. The highest BCUT2D eigenvalue weighted by Crippen LogP contribution is 2.38. The summed E-state index contributed by atoms with van der Waals surface area (Å²) >= 11 is 0. The summed E-state index contributed by atoms with van der Waals surface area (Å²) in [7, 11) is 0. The second-order valence-corrected chi connectivity index (χ2v) is 5.55. The largest absolute Gasteiger partial charge is 0.396 e. The van der Waals surface area contributed by atoms with Crippen LogP contribution in [0.3, 0.4) is 0 Å². The van der Waals surface area contributed by atoms with E-state index < -0.39 is 5.41 Å². The van der Waals surface area contributed by atoms with Crippen molar-refractivity contribution in [2.45, 2.75) is 25.7 Å². The Bertz CT molecular complexity index is 674. The predicted octanol–water partition coefficient (Wildman–Crippen LogP) is 1.84. The number of anilines is 1. The van der Waals surface area contributed by atoms with Gasteiger partial charge in [0.15, 0.2) is 0 Å². The molecule has 5 nitrogen and oxygen atoms in total. The maximum absolute atomic E-state index is 11.9. The number of H-pyrrole nitrogens is 1. The molecule has 0 saturated heterocycles. The molecule has 1 aromatic carbocycles. The Balaban J connectivity index is 1.97. The first-order chi connectivity index (χ1) is 9.52. The van der Waals surface area contributed by atoms with Crippen molar-refractivity contribution in [3.63, 3.8) is 0 Å². The minimum Gasteiger partial charge on any atom is -0.396 e. The Morgan fingerprint density at radius 2 is 2.15 bits per heavy atom. The molecule has 0 fully saturated rings. The van der Waals surface area contributed by atoms with E-state index in [9.17, 15) is 4.79 Å². The topological polar surface area (TPSA) is 78.0 Å². The minimum absolute atomic E-state index is 0.0186. The molecule has 1 aliphatic heterocycles. The molecule has 0 atom stereocenters. The molecule has 2 heterocycles. The van der Waals surface area contributed by atoms with E-state index in [-0.39, 0.29) is 12.5 Å². The predicted molar refractivity (Wildman–Crippen MR) is 76.5 cm³/mol. The Labute approximate surface area is 117 Å². The van der Waals surface area contributed by atoms with Gasteiger partial charge in [-0.05, 0) is 25.5 Å². The van der Waals surface area contributed by atoms with Crippen molar-refractivity contribution in [2.24, 2.45) is 0 Å². The van der Waals surface area contributed by atoms with E-state index in [1.54, 1.807) is 6.20 Å². The number of aliphatic hydroxyl groups excluding tert-OH is 1. The smallest absolute Gasteiger partial charge is 0.234 e. The number of fused-ring (bicyclic) bond motifs is 1. The van der Waals surface area contributed by atoms with E-state index in [4.69, 9.17) is 5.11 Å². The number of nitrogens with zero attached hydrogens (tertiary/aromatic N) is 1. The van der Waals surface area contributed by atoms with Crippen molar-refractivity contribution in [3.8, 4) is 11.4 Å². The third-order valence-corrected chi connectivity index (χ3v) is 3.78. The molecule has 0 bridgehead atoms. The molecular formula is C15H17N3O2. The summed E-state index contributed by atoms with van der Waals surface area (Å²) in [4.78, 5) is 19.4. The van der Waals surface area contributed by atoms with Gasteiger partial charge in [-0.15, -0.1) is 0 Å². The molecule has 0 saturated carbocycles. The van der Waals surface area contributed by atoms with Crippen LogP contribution in [0, 0.1) is 0 Å². The number of hydrogen-bond donors (Lipinski definition) is 3. The van der Waals surface area contributed by atoms with Crippen LogP contribution in [0.1, 0.15) is 25.1 Å². The van der Waals surface area contributed by atoms with E-state index in [0.29, 0.717) is 6.42 Å². The van der Waals surface area contributed by atoms with Gasteiger partial charge in [0, 0.05) is 30.5 Å². The summed E-state index contributed by atoms with van der Waals surface area (Å²) in [5, 5.41) is 11.8. The lowest BCUT2D eigenvalue weighted by Gasteiger charge is -2.14. The molecule has 3 N–H and O–H groups in total. The fourth-order valence-corrected chi connectivity index (χ4v) is 2.49. The van der Waals surface area contributed by atoms with E-state index in [1.807, 2.05) is 32.0 Å². The van der Waals surface area contributed by atoms with Crippen molar-refractivity contribution in [3.05, 3.63) is 35.7 Å². The lowest BCUT2D eigenvalue weighted by molar-refractivity contribution is -0.119. The quantitative estimate of drug-likeness (QED) is 0.797. The summed E-state index contributed by atoms with van der Waals surface area (Å²) in [5.74, 6) is 0.764. The Morgan fingerprint density at radius 3 is 2.90 bits per heavy atom. The van der Waals surface area contributed by atoms with Crippen LogP contribution in [-0.2, 0) is 16.6 Å². The van der Waals surface area contributed by atoms with Gasteiger partial charge >= 0.3 is 0 Å². The van der Waals surface area contributed by atoms with Crippen LogP contribution in [-0.4, -0.2) is 27.6 Å². The third-order valence-electron chi connectivity index (χ3n) is 3.78. The maximum atomic E-state index is 11.9. The highest BCUT2D eigenvalue weighted by molar-refractivity contribution is 6.06. The number of hydrogen-bond acceptors (Lipinski definition) is 3. The van der Waals surface area contributed by atoms with E-state index in [2.05, 4.69) is 15.3 Å². The first kappa shape index (κ1) is 12.9. The standard InChI is InChI=1S/C15H17N3O2/c1-15(2)11-4-3-9(7-12(11)18-14(15)20)13-16-8-10(17-13)5-6-19/h3-4,7-8,19H,5-6H2,1-2H3,(H,16,17)(H,18,20). The molecule has 0 aliphatic carbocycles. The molecule has 0 radical (unpaired) electrons. The lowest BCUT2D eigenvalue weighted by Crippen LogP contribution is -2.26. The van der Waals surface area contributed by atoms with Gasteiger partial charge in [-0.1, -0.05) is 12.1 Å². The van der Waals surface area contributed by atoms with Crippen LogP contribution < -0.4 is 5.32 Å². The summed E-state index contributed by atoms with van der Waals surface area (Å²) in [5.41, 5.74) is 3.11. The van der Waals surface area contributed by atoms with Gasteiger partial charge in [-0.2, -0.15) is 0 Å². The highest BCUT2D eigenvalue weighted by Gasteiger charge is 2.38. The summed E-state index contributed by atoms with van der Waals surface area (Å²) in [6.45, 7) is 3.92. The number of benzene rings is 1. The van der Waals surface area contributed by atoms with Crippen molar-refractivity contribution >= 4 is 11.6 Å². The first-order valence-corrected chi connectivity index (χ1v) is 6.64. The first-order valence-electron chi connectivity index (χ1n) is 6.64. The summed E-state index contributed by atoms with van der Waals surface area (Å²) in [6.07, 6.45) is 2.33. The number of rotatable bonds is 3. The van der Waals surface area contributed by atoms with Crippen LogP contribution in [0.2, 0.25) is 0 Å². The van der Waals surface area contributed by atoms with Gasteiger partial charge in [0.2, 0.25) is 5.91 Å². The Hall–Kier alpha value is -2.14. The SMILES string of the molecule is CC1(C)C(=O)Nc2cc(-c3nc(CCO)c[nH]3)ccc21. The number of aliphatic hydroxyl groups is 1. The van der Waals surface area contributed by atoms with Gasteiger partial charge in [-0.3, -0.25) is 4.79 Å². The number of amides is 1. The molecule has 1 aliphatic rings. The van der Waals surface area contributed by atoms with Crippen LogP contribution in [0.15, 0.2) is 24.4 Å². The average Bonchev–Trinajstić information content (AvgIpc) is 2.95. The molecule has 0 spiro atoms. The number of aromatic amines is 1. The summed E-state index contributed by atoms with van der Waals surface area (Å²) in [6, 6.07) is 5.86. The number of nitrogens with one attached hydrogen (secondary N) is 2. The van der Waals surface area contributed by atoms with E-state index >= 15 is 0 Å². The Morgan fingerprint density at radius 1 is 1.35 bits per heavy atom. The van der Waals surface area contributed by atoms with Crippen LogP contribution in [0.4, 0.5) is 5.69 Å². The molecule has 20 heavy (non-hydrogen) atoms. The van der Waals surface area contributed by atoms with Gasteiger partial charge in [0.25, 0.3) is 0 Å². The van der Waals surface area contributed by atoms with E-state index in [0.717, 1.165) is 28.3 Å². The minimum atomic E-state index is -0.487. The van der Waals surface area contributed by atoms with Crippen molar-refractivity contribution in [2.75, 3.05) is 11.9 Å². The highest BCUT2D eigenvalue weighted by atomic mass is 16.3. The Kier molecular flexibility index (Phi) is 2.87. The fourth-order valence-electron chi connectivity index (χ4n) is 2.49. The molecular weight excluding hydrogens is 254 g/mol. The third kappa shape index (κ3) is 1.91. The second-order valence-electron chi connectivity index (χ2n) is 5.55. The van der Waals surface area contributed by atoms with Crippen molar-refractivity contribution < 1.29 is 9.90 Å². The monoisotopic (exact) mass is 271 g/mol. The summed E-state index contributed by atoms with van der Waals surface area (Å²) < 4.78 is 0. The fraction of sp³-hybridized carbons (Fsp3) is 0.333. The van der Waals surface area contributed by atoms with Crippen LogP contribution in [0.25, 0.3) is 11.4 Å². The van der Waals surface area contributed by atoms with Crippen molar-refractivity contribution in [1.82, 2.24) is 9.97 Å². The van der Waals surface area contributed by atoms with Gasteiger partial charge in [0.1, 0.15) is 5.82 Å². The number of imidazole rings is 1. The number of carbonyl (C=O) groups excluding carboxylic acids is 1. The lowest BCUT2D eigenvalue weighted by atomic mass is 9.86. The van der Waals surface area contributed by atoms with Gasteiger partial charge in [-0.25, -0.2) is 4.98 Å². The van der Waals surface area contributed by atoms with Gasteiger partial charge < -0.3 is 15.4 Å². The van der Waals surface area contributed by atoms with Gasteiger partial charge in [0.05, 0.1) is 11.1 Å². The maximum Gasteiger partial charge on any atom is 0.234 e. The molecule has 5 heteroatoms. The zero-order chi connectivity index (χ0) is 14.3.